The minimum absolute atomic E-state index is 0.0579. The van der Waals surface area contributed by atoms with E-state index in [2.05, 4.69) is 0 Å². The van der Waals surface area contributed by atoms with Gasteiger partial charge < -0.3 is 30.1 Å². The lowest BCUT2D eigenvalue weighted by Crippen LogP contribution is -2.64. The molecule has 0 radical (unpaired) electrons. The van der Waals surface area contributed by atoms with Crippen molar-refractivity contribution in [3.05, 3.63) is 47.5 Å². The Balaban J connectivity index is 1.82. The lowest BCUT2D eigenvalue weighted by Gasteiger charge is -2.47. The van der Waals surface area contributed by atoms with Crippen molar-refractivity contribution in [3.8, 4) is 11.5 Å². The van der Waals surface area contributed by atoms with Gasteiger partial charge in [0, 0.05) is 13.1 Å². The Labute approximate surface area is 208 Å². The molecule has 3 N–H and O–H groups in total. The van der Waals surface area contributed by atoms with Crippen LogP contribution in [0.3, 0.4) is 0 Å². The normalized spacial score (nSPS) is 22.2. The predicted molar refractivity (Wildman–Crippen MR) is 121 cm³/mol. The van der Waals surface area contributed by atoms with E-state index in [0.29, 0.717) is 12.1 Å². The number of rotatable bonds is 1. The van der Waals surface area contributed by atoms with Crippen LogP contribution in [0.2, 0.25) is 0 Å². The quantitative estimate of drug-likeness (QED) is 0.486. The van der Waals surface area contributed by atoms with Gasteiger partial charge in [0.05, 0.1) is 40.7 Å². The first-order valence-electron chi connectivity index (χ1n) is 11.3. The van der Waals surface area contributed by atoms with Crippen molar-refractivity contribution in [3.63, 3.8) is 0 Å². The predicted octanol–water partition coefficient (Wildman–Crippen LogP) is 5.28. The molecule has 2 heterocycles. The van der Waals surface area contributed by atoms with Crippen molar-refractivity contribution in [2.75, 3.05) is 18.0 Å². The molecule has 2 aliphatic heterocycles. The Morgan fingerprint density at radius 3 is 1.86 bits per heavy atom. The van der Waals surface area contributed by atoms with Crippen LogP contribution in [0.5, 0.6) is 11.5 Å². The van der Waals surface area contributed by atoms with Crippen LogP contribution in [0.15, 0.2) is 36.4 Å². The number of ether oxygens (including phenoxy) is 2. The summed E-state index contributed by atoms with van der Waals surface area (Å²) in [4.78, 5) is 15.4. The summed E-state index contributed by atoms with van der Waals surface area (Å²) in [6.07, 6.45) is -11.5. The molecule has 1 fully saturated rings. The number of amides is 1. The maximum absolute atomic E-state index is 13.4. The van der Waals surface area contributed by atoms with Gasteiger partial charge in [0.15, 0.2) is 11.5 Å². The molecular formula is C24H25F6N3O4. The number of benzene rings is 2. The van der Waals surface area contributed by atoms with Crippen LogP contribution >= 0.6 is 0 Å². The van der Waals surface area contributed by atoms with E-state index in [9.17, 15) is 36.2 Å². The third kappa shape index (κ3) is 5.42. The number of hydrogen-bond acceptors (Lipinski definition) is 6. The number of fused-ring (bicyclic) bond motifs is 2. The fourth-order valence-electron chi connectivity index (χ4n) is 4.31. The van der Waals surface area contributed by atoms with E-state index in [-0.39, 0.29) is 36.0 Å². The Hall–Kier alpha value is -3.19. The smallest absolute Gasteiger partial charge is 0.416 e. The molecule has 1 unspecified atom stereocenters. The van der Waals surface area contributed by atoms with Crippen molar-refractivity contribution in [1.82, 2.24) is 4.90 Å². The molecule has 1 saturated heterocycles. The van der Waals surface area contributed by atoms with Gasteiger partial charge in [-0.25, -0.2) is 4.79 Å². The van der Waals surface area contributed by atoms with Crippen LogP contribution in [0.25, 0.3) is 0 Å². The summed E-state index contributed by atoms with van der Waals surface area (Å²) in [7, 11) is 0. The van der Waals surface area contributed by atoms with Crippen LogP contribution in [-0.4, -0.2) is 53.0 Å². The summed E-state index contributed by atoms with van der Waals surface area (Å²) in [6.45, 7) is 4.73. The second-order valence-corrected chi connectivity index (χ2v) is 9.94. The van der Waals surface area contributed by atoms with Gasteiger partial charge >= 0.3 is 18.4 Å². The van der Waals surface area contributed by atoms with Gasteiger partial charge in [0.25, 0.3) is 0 Å². The SMILES string of the molecule is CC(C)(C)OC(=O)N1C[C@@H](N)C(O)[C@@H](N2c3ccc(C(F)(F)F)cc3Oc3cc(C(F)(F)F)ccc32)C1. The summed E-state index contributed by atoms with van der Waals surface area (Å²) in [5.41, 5.74) is 3.25. The lowest BCUT2D eigenvalue weighted by atomic mass is 9.94. The Morgan fingerprint density at radius 2 is 1.43 bits per heavy atom. The molecule has 4 rings (SSSR count). The number of halogens is 6. The van der Waals surface area contributed by atoms with Gasteiger partial charge in [0.1, 0.15) is 5.60 Å². The van der Waals surface area contributed by atoms with Gasteiger partial charge in [-0.2, -0.15) is 26.3 Å². The Kier molecular flexibility index (Phi) is 6.52. The molecule has 7 nitrogen and oxygen atoms in total. The molecule has 202 valence electrons. The van der Waals surface area contributed by atoms with E-state index in [1.54, 1.807) is 20.8 Å². The topological polar surface area (TPSA) is 88.3 Å². The summed E-state index contributed by atoms with van der Waals surface area (Å²) in [5.74, 6) is -0.728. The van der Waals surface area contributed by atoms with Crippen LogP contribution in [0.4, 0.5) is 42.5 Å². The number of aliphatic hydroxyl groups excluding tert-OH is 1. The number of nitrogens with two attached hydrogens (primary N) is 1. The number of nitrogens with zero attached hydrogens (tertiary/aromatic N) is 2. The zero-order valence-corrected chi connectivity index (χ0v) is 20.0. The van der Waals surface area contributed by atoms with Gasteiger partial charge in [0.2, 0.25) is 0 Å². The highest BCUT2D eigenvalue weighted by atomic mass is 19.4. The summed E-state index contributed by atoms with van der Waals surface area (Å²) in [5, 5.41) is 11.0. The standard InChI is InChI=1S/C24H25F6N3O4/c1-22(2,3)37-21(35)32-10-14(31)20(34)17(11-32)33-15-6-4-12(23(25,26)27)8-18(15)36-19-9-13(24(28,29)30)5-7-16(19)33/h4-9,14,17,20,34H,10-11,31H2,1-3H3/t14-,17+,20?/m1/s1. The van der Waals surface area contributed by atoms with Gasteiger partial charge in [-0.1, -0.05) is 0 Å². The second-order valence-electron chi connectivity index (χ2n) is 9.94. The van der Waals surface area contributed by atoms with Crippen LogP contribution < -0.4 is 15.4 Å². The summed E-state index contributed by atoms with van der Waals surface area (Å²) >= 11 is 0. The molecule has 0 bridgehead atoms. The molecular weight excluding hydrogens is 508 g/mol. The first kappa shape index (κ1) is 26.9. The van der Waals surface area contributed by atoms with E-state index in [1.807, 2.05) is 0 Å². The molecule has 13 heteroatoms. The molecule has 0 spiro atoms. The van der Waals surface area contributed by atoms with Gasteiger partial charge in [-0.05, 0) is 57.2 Å². The summed E-state index contributed by atoms with van der Waals surface area (Å²) < 4.78 is 91.2. The van der Waals surface area contributed by atoms with E-state index in [1.165, 1.54) is 9.80 Å². The lowest BCUT2D eigenvalue weighted by molar-refractivity contribution is -0.138. The van der Waals surface area contributed by atoms with Crippen molar-refractivity contribution < 1.29 is 45.7 Å². The number of hydrogen-bond donors (Lipinski definition) is 2. The maximum atomic E-state index is 13.4. The molecule has 0 aliphatic carbocycles. The van der Waals surface area contributed by atoms with Crippen molar-refractivity contribution in [2.24, 2.45) is 5.73 Å². The average Bonchev–Trinajstić information content (AvgIpc) is 2.76. The van der Waals surface area contributed by atoms with Crippen molar-refractivity contribution in [2.45, 2.75) is 56.9 Å². The number of aliphatic hydroxyl groups is 1. The van der Waals surface area contributed by atoms with Crippen LogP contribution in [0, 0.1) is 0 Å². The minimum Gasteiger partial charge on any atom is -0.453 e. The molecule has 2 aliphatic rings. The highest BCUT2D eigenvalue weighted by Crippen LogP contribution is 2.51. The number of anilines is 2. The number of likely N-dealkylation sites (tertiary alicyclic amines) is 1. The van der Waals surface area contributed by atoms with E-state index in [0.717, 1.165) is 24.3 Å². The third-order valence-corrected chi connectivity index (χ3v) is 5.97. The maximum Gasteiger partial charge on any atom is 0.416 e. The zero-order chi connectivity index (χ0) is 27.5. The number of alkyl halides is 6. The van der Waals surface area contributed by atoms with Crippen molar-refractivity contribution in [1.29, 1.82) is 0 Å². The summed E-state index contributed by atoms with van der Waals surface area (Å²) in [6, 6.07) is 3.11. The van der Waals surface area contributed by atoms with E-state index < -0.39 is 53.4 Å². The molecule has 37 heavy (non-hydrogen) atoms. The molecule has 2 aromatic carbocycles. The van der Waals surface area contributed by atoms with Crippen molar-refractivity contribution >= 4 is 17.5 Å². The minimum atomic E-state index is -4.74. The third-order valence-electron chi connectivity index (χ3n) is 5.97. The largest absolute Gasteiger partial charge is 0.453 e. The average molecular weight is 533 g/mol. The van der Waals surface area contributed by atoms with E-state index in [4.69, 9.17) is 15.2 Å². The second kappa shape index (κ2) is 8.98. The van der Waals surface area contributed by atoms with Gasteiger partial charge in [-0.15, -0.1) is 0 Å². The molecule has 0 aromatic heterocycles. The monoisotopic (exact) mass is 533 g/mol. The molecule has 3 atom stereocenters. The van der Waals surface area contributed by atoms with Crippen LogP contribution in [-0.2, 0) is 17.1 Å². The van der Waals surface area contributed by atoms with Crippen LogP contribution in [0.1, 0.15) is 31.9 Å². The first-order chi connectivity index (χ1) is 17.0. The highest BCUT2D eigenvalue weighted by Gasteiger charge is 2.44. The van der Waals surface area contributed by atoms with Gasteiger partial charge in [-0.3, -0.25) is 0 Å². The Bertz CT molecular complexity index is 1130. The Morgan fingerprint density at radius 1 is 0.946 bits per heavy atom. The zero-order valence-electron chi connectivity index (χ0n) is 20.0. The van der Waals surface area contributed by atoms with E-state index >= 15 is 0 Å². The number of piperidine rings is 1. The molecule has 0 saturated carbocycles. The molecule has 2 aromatic rings. The fourth-order valence-corrected chi connectivity index (χ4v) is 4.31. The fraction of sp³-hybridized carbons (Fsp3) is 0.458. The first-order valence-corrected chi connectivity index (χ1v) is 11.3. The number of carbonyl (C=O) groups excluding carboxylic acids is 1. The highest BCUT2D eigenvalue weighted by molar-refractivity contribution is 5.80. The molecule has 1 amide bonds. The number of carbonyl (C=O) groups is 1.